The van der Waals surface area contributed by atoms with Gasteiger partial charge in [-0.3, -0.25) is 9.10 Å². The highest BCUT2D eigenvalue weighted by molar-refractivity contribution is 7.92. The first-order chi connectivity index (χ1) is 16.3. The average Bonchev–Trinajstić information content (AvgIpc) is 2.83. The number of sulfonamides is 1. The molecule has 0 radical (unpaired) electrons. The predicted molar refractivity (Wildman–Crippen MR) is 133 cm³/mol. The van der Waals surface area contributed by atoms with Gasteiger partial charge in [0.15, 0.2) is 0 Å². The topological polar surface area (TPSA) is 97.3 Å². The second-order valence-corrected chi connectivity index (χ2v) is 9.24. The molecule has 8 nitrogen and oxygen atoms in total. The van der Waals surface area contributed by atoms with Crippen molar-refractivity contribution in [2.45, 2.75) is 13.5 Å². The zero-order valence-electron chi connectivity index (χ0n) is 19.0. The Kier molecular flexibility index (Phi) is 8.64. The molecule has 0 unspecified atom stereocenters. The molecule has 34 heavy (non-hydrogen) atoms. The van der Waals surface area contributed by atoms with Crippen LogP contribution in [-0.2, 0) is 21.4 Å². The van der Waals surface area contributed by atoms with E-state index in [4.69, 9.17) is 9.47 Å². The standard InChI is InChI=1S/C25H27N3O5S/c1-3-32-23-15-11-22(12-16-23)28(34(2,30)31)18-25(29)27-26-17-20-9-13-24(14-10-20)33-19-21-7-5-4-6-8-21/h4-17H,3,18-19H2,1-2H3,(H,27,29)/b26-17-. The third kappa shape index (κ3) is 7.63. The summed E-state index contributed by atoms with van der Waals surface area (Å²) >= 11 is 0. The highest BCUT2D eigenvalue weighted by atomic mass is 32.2. The van der Waals surface area contributed by atoms with Crippen LogP contribution in [0, 0.1) is 0 Å². The van der Waals surface area contributed by atoms with Gasteiger partial charge in [0.2, 0.25) is 10.0 Å². The summed E-state index contributed by atoms with van der Waals surface area (Å²) in [6, 6.07) is 23.6. The molecule has 0 atom stereocenters. The number of nitrogens with one attached hydrogen (secondary N) is 1. The molecule has 1 N–H and O–H groups in total. The maximum Gasteiger partial charge on any atom is 0.260 e. The molecule has 0 aliphatic heterocycles. The highest BCUT2D eigenvalue weighted by Crippen LogP contribution is 2.21. The first-order valence-electron chi connectivity index (χ1n) is 10.6. The van der Waals surface area contributed by atoms with Crippen molar-refractivity contribution in [1.29, 1.82) is 0 Å². The molecule has 1 amide bonds. The van der Waals surface area contributed by atoms with Gasteiger partial charge in [-0.1, -0.05) is 30.3 Å². The fourth-order valence-electron chi connectivity index (χ4n) is 3.01. The summed E-state index contributed by atoms with van der Waals surface area (Å²) in [7, 11) is -3.68. The lowest BCUT2D eigenvalue weighted by Gasteiger charge is -2.21. The lowest BCUT2D eigenvalue weighted by molar-refractivity contribution is -0.119. The molecule has 0 spiro atoms. The van der Waals surface area contributed by atoms with E-state index < -0.39 is 22.5 Å². The fraction of sp³-hybridized carbons (Fsp3) is 0.200. The van der Waals surface area contributed by atoms with E-state index in [2.05, 4.69) is 10.5 Å². The molecule has 178 valence electrons. The van der Waals surface area contributed by atoms with Crippen LogP contribution < -0.4 is 19.2 Å². The molecule has 0 aliphatic rings. The minimum atomic E-state index is -3.68. The number of nitrogens with zero attached hydrogens (tertiary/aromatic N) is 2. The summed E-state index contributed by atoms with van der Waals surface area (Å²) in [6.45, 7) is 2.42. The Morgan fingerprint density at radius 3 is 2.18 bits per heavy atom. The zero-order chi connectivity index (χ0) is 24.4. The van der Waals surface area contributed by atoms with Crippen molar-refractivity contribution in [2.24, 2.45) is 5.10 Å². The molecule has 0 bridgehead atoms. The number of amides is 1. The first-order valence-corrected chi connectivity index (χ1v) is 12.5. The van der Waals surface area contributed by atoms with Crippen LogP contribution in [0.1, 0.15) is 18.1 Å². The van der Waals surface area contributed by atoms with Crippen LogP contribution in [0.15, 0.2) is 84.0 Å². The van der Waals surface area contributed by atoms with Crippen LogP contribution in [-0.4, -0.2) is 39.9 Å². The molecule has 3 aromatic rings. The quantitative estimate of drug-likeness (QED) is 0.334. The fourth-order valence-corrected chi connectivity index (χ4v) is 3.87. The molecule has 0 saturated heterocycles. The van der Waals surface area contributed by atoms with Crippen molar-refractivity contribution >= 4 is 27.8 Å². The van der Waals surface area contributed by atoms with Crippen molar-refractivity contribution in [3.63, 3.8) is 0 Å². The van der Waals surface area contributed by atoms with E-state index in [-0.39, 0.29) is 0 Å². The molecule has 0 heterocycles. The molecule has 0 aromatic heterocycles. The monoisotopic (exact) mass is 481 g/mol. The number of hydrogen-bond acceptors (Lipinski definition) is 6. The number of hydrogen-bond donors (Lipinski definition) is 1. The summed E-state index contributed by atoms with van der Waals surface area (Å²) in [5.74, 6) is 0.757. The van der Waals surface area contributed by atoms with Gasteiger partial charge in [0.05, 0.1) is 24.8 Å². The Labute approximate surface area is 199 Å². The number of benzene rings is 3. The van der Waals surface area contributed by atoms with Gasteiger partial charge in [0, 0.05) is 0 Å². The number of ether oxygens (including phenoxy) is 2. The number of rotatable bonds is 11. The largest absolute Gasteiger partial charge is 0.494 e. The van der Waals surface area contributed by atoms with Crippen LogP contribution in [0.5, 0.6) is 11.5 Å². The van der Waals surface area contributed by atoms with Crippen LogP contribution in [0.25, 0.3) is 0 Å². The highest BCUT2D eigenvalue weighted by Gasteiger charge is 2.20. The molecule has 3 aromatic carbocycles. The lowest BCUT2D eigenvalue weighted by atomic mass is 10.2. The van der Waals surface area contributed by atoms with Gasteiger partial charge < -0.3 is 9.47 Å². The Morgan fingerprint density at radius 2 is 1.56 bits per heavy atom. The molecule has 0 aliphatic carbocycles. The SMILES string of the molecule is CCOc1ccc(N(CC(=O)N/N=C\c2ccc(OCc3ccccc3)cc2)S(C)(=O)=O)cc1. The van der Waals surface area contributed by atoms with Crippen molar-refractivity contribution < 1.29 is 22.7 Å². The van der Waals surface area contributed by atoms with E-state index in [1.807, 2.05) is 49.4 Å². The van der Waals surface area contributed by atoms with E-state index in [9.17, 15) is 13.2 Å². The summed E-state index contributed by atoms with van der Waals surface area (Å²) in [5.41, 5.74) is 4.54. The molecule has 0 fully saturated rings. The van der Waals surface area contributed by atoms with Crippen molar-refractivity contribution in [3.8, 4) is 11.5 Å². The maximum atomic E-state index is 12.3. The number of carbonyl (C=O) groups is 1. The van der Waals surface area contributed by atoms with Crippen LogP contribution in [0.2, 0.25) is 0 Å². The van der Waals surface area contributed by atoms with E-state index in [0.29, 0.717) is 30.4 Å². The van der Waals surface area contributed by atoms with E-state index in [1.54, 1.807) is 36.4 Å². The Balaban J connectivity index is 1.54. The lowest BCUT2D eigenvalue weighted by Crippen LogP contribution is -2.39. The van der Waals surface area contributed by atoms with Crippen molar-refractivity contribution in [2.75, 3.05) is 23.7 Å². The molecule has 3 rings (SSSR count). The molecule has 9 heteroatoms. The van der Waals surface area contributed by atoms with E-state index >= 15 is 0 Å². The van der Waals surface area contributed by atoms with E-state index in [0.717, 1.165) is 21.7 Å². The minimum absolute atomic E-state index is 0.358. The second kappa shape index (κ2) is 11.9. The van der Waals surface area contributed by atoms with Gasteiger partial charge in [-0.05, 0) is 66.6 Å². The molecular formula is C25H27N3O5S. The van der Waals surface area contributed by atoms with Crippen molar-refractivity contribution in [3.05, 3.63) is 90.0 Å². The van der Waals surface area contributed by atoms with Gasteiger partial charge >= 0.3 is 0 Å². The third-order valence-corrected chi connectivity index (χ3v) is 5.80. The van der Waals surface area contributed by atoms with Crippen LogP contribution in [0.4, 0.5) is 5.69 Å². The van der Waals surface area contributed by atoms with Gasteiger partial charge in [-0.15, -0.1) is 0 Å². The van der Waals surface area contributed by atoms with Crippen molar-refractivity contribution in [1.82, 2.24) is 5.43 Å². The average molecular weight is 482 g/mol. The van der Waals surface area contributed by atoms with Gasteiger partial charge in [0.1, 0.15) is 24.7 Å². The van der Waals surface area contributed by atoms with Crippen LogP contribution >= 0.6 is 0 Å². The molecule has 0 saturated carbocycles. The Morgan fingerprint density at radius 1 is 0.941 bits per heavy atom. The van der Waals surface area contributed by atoms with Gasteiger partial charge in [0.25, 0.3) is 5.91 Å². The van der Waals surface area contributed by atoms with Gasteiger partial charge in [-0.25, -0.2) is 13.8 Å². The number of anilines is 1. The van der Waals surface area contributed by atoms with Crippen LogP contribution in [0.3, 0.4) is 0 Å². The van der Waals surface area contributed by atoms with E-state index in [1.165, 1.54) is 6.21 Å². The Hall–Kier alpha value is -3.85. The minimum Gasteiger partial charge on any atom is -0.494 e. The predicted octanol–water partition coefficient (Wildman–Crippen LogP) is 3.58. The maximum absolute atomic E-state index is 12.3. The summed E-state index contributed by atoms with van der Waals surface area (Å²) in [6.07, 6.45) is 2.52. The summed E-state index contributed by atoms with van der Waals surface area (Å²) < 4.78 is 36.5. The molecular weight excluding hydrogens is 454 g/mol. The third-order valence-electron chi connectivity index (χ3n) is 4.65. The Bertz CT molecular complexity index is 1200. The van der Waals surface area contributed by atoms with Gasteiger partial charge in [-0.2, -0.15) is 5.10 Å². The normalized spacial score (nSPS) is 11.2. The first kappa shape index (κ1) is 24.8. The number of hydrazone groups is 1. The smallest absolute Gasteiger partial charge is 0.260 e. The summed E-state index contributed by atoms with van der Waals surface area (Å²) in [5, 5.41) is 3.93. The second-order valence-electron chi connectivity index (χ2n) is 7.33. The number of carbonyl (C=O) groups excluding carboxylic acids is 1. The zero-order valence-corrected chi connectivity index (χ0v) is 19.9. The summed E-state index contributed by atoms with van der Waals surface area (Å²) in [4.78, 5) is 12.3.